The number of esters is 1. The van der Waals surface area contributed by atoms with Crippen molar-refractivity contribution in [2.75, 3.05) is 13.1 Å². The third kappa shape index (κ3) is 2.98. The molecule has 1 spiro atoms. The van der Waals surface area contributed by atoms with Gasteiger partial charge in [0.25, 0.3) is 5.56 Å². The van der Waals surface area contributed by atoms with E-state index in [-0.39, 0.29) is 30.4 Å². The van der Waals surface area contributed by atoms with E-state index in [2.05, 4.69) is 4.98 Å². The molecule has 1 atom stereocenters. The van der Waals surface area contributed by atoms with Gasteiger partial charge in [0, 0.05) is 25.1 Å². The monoisotopic (exact) mass is 403 g/mol. The van der Waals surface area contributed by atoms with Gasteiger partial charge in [-0.2, -0.15) is 0 Å². The summed E-state index contributed by atoms with van der Waals surface area (Å²) in [6.07, 6.45) is 3.13. The fourth-order valence-corrected chi connectivity index (χ4v) is 4.52. The summed E-state index contributed by atoms with van der Waals surface area (Å²) in [6, 6.07) is 14.6. The minimum absolute atomic E-state index is 0.0606. The number of carbonyl (C=O) groups is 2. The molecule has 2 aromatic carbocycles. The lowest BCUT2D eigenvalue weighted by molar-refractivity contribution is -0.139. The maximum absolute atomic E-state index is 12.9. The van der Waals surface area contributed by atoms with Gasteiger partial charge < -0.3 is 9.64 Å². The van der Waals surface area contributed by atoms with Gasteiger partial charge in [-0.05, 0) is 31.0 Å². The SMILES string of the molecule is O=C1OC2(CCCN(C(=O)CCn3cnc4ccccc4c3=O)C2)c2ccccc21. The number of hydrogen-bond acceptors (Lipinski definition) is 5. The van der Waals surface area contributed by atoms with Crippen molar-refractivity contribution in [3.63, 3.8) is 0 Å². The molecule has 7 nitrogen and oxygen atoms in total. The van der Waals surface area contributed by atoms with Crippen LogP contribution < -0.4 is 5.56 Å². The van der Waals surface area contributed by atoms with Crippen molar-refractivity contribution in [1.29, 1.82) is 0 Å². The first-order chi connectivity index (χ1) is 14.6. The number of aromatic nitrogens is 2. The van der Waals surface area contributed by atoms with Crippen molar-refractivity contribution in [3.05, 3.63) is 76.3 Å². The van der Waals surface area contributed by atoms with E-state index in [4.69, 9.17) is 4.74 Å². The first-order valence-electron chi connectivity index (χ1n) is 10.1. The number of aryl methyl sites for hydroxylation is 1. The highest BCUT2D eigenvalue weighted by Gasteiger charge is 2.48. The minimum Gasteiger partial charge on any atom is -0.449 e. The number of carbonyl (C=O) groups excluding carboxylic acids is 2. The van der Waals surface area contributed by atoms with Crippen molar-refractivity contribution in [2.24, 2.45) is 0 Å². The Hall–Kier alpha value is -3.48. The lowest BCUT2D eigenvalue weighted by atomic mass is 9.85. The molecule has 5 rings (SSSR count). The number of piperidine rings is 1. The Labute approximate surface area is 172 Å². The number of ether oxygens (including phenoxy) is 1. The van der Waals surface area contributed by atoms with Gasteiger partial charge in [-0.25, -0.2) is 9.78 Å². The lowest BCUT2D eigenvalue weighted by Crippen LogP contribution is -2.49. The van der Waals surface area contributed by atoms with Gasteiger partial charge >= 0.3 is 5.97 Å². The average Bonchev–Trinajstić information content (AvgIpc) is 3.04. The van der Waals surface area contributed by atoms with Crippen LogP contribution >= 0.6 is 0 Å². The molecule has 2 aliphatic heterocycles. The van der Waals surface area contributed by atoms with Gasteiger partial charge in [0.2, 0.25) is 5.91 Å². The van der Waals surface area contributed by atoms with Crippen LogP contribution in [0.25, 0.3) is 10.9 Å². The summed E-state index contributed by atoms with van der Waals surface area (Å²) in [5, 5.41) is 0.541. The fourth-order valence-electron chi connectivity index (χ4n) is 4.52. The van der Waals surface area contributed by atoms with Gasteiger partial charge in [-0.15, -0.1) is 0 Å². The van der Waals surface area contributed by atoms with E-state index in [9.17, 15) is 14.4 Å². The van der Waals surface area contributed by atoms with E-state index in [1.807, 2.05) is 24.3 Å². The largest absolute Gasteiger partial charge is 0.449 e. The van der Waals surface area contributed by atoms with Crippen LogP contribution in [0.1, 0.15) is 35.2 Å². The molecular formula is C23H21N3O4. The molecule has 1 unspecified atom stereocenters. The van der Waals surface area contributed by atoms with Crippen LogP contribution in [0, 0.1) is 0 Å². The Bertz CT molecular complexity index is 1220. The zero-order valence-corrected chi connectivity index (χ0v) is 16.4. The van der Waals surface area contributed by atoms with Crippen LogP contribution in [0.2, 0.25) is 0 Å². The van der Waals surface area contributed by atoms with Crippen LogP contribution in [0.4, 0.5) is 0 Å². The van der Waals surface area contributed by atoms with Gasteiger partial charge in [-0.3, -0.25) is 14.2 Å². The first kappa shape index (κ1) is 18.5. The molecule has 1 saturated heterocycles. The third-order valence-electron chi connectivity index (χ3n) is 6.03. The Kier molecular flexibility index (Phi) is 4.38. The summed E-state index contributed by atoms with van der Waals surface area (Å²) in [7, 11) is 0. The summed E-state index contributed by atoms with van der Waals surface area (Å²) in [4.78, 5) is 43.9. The van der Waals surface area contributed by atoms with Gasteiger partial charge in [0.15, 0.2) is 5.60 Å². The zero-order chi connectivity index (χ0) is 20.7. The summed E-state index contributed by atoms with van der Waals surface area (Å²) < 4.78 is 7.25. The standard InChI is InChI=1S/C23H21N3O4/c27-20(10-13-26-15-24-19-9-4-2-7-17(19)21(26)28)25-12-5-11-23(14-25)18-8-3-1-6-16(18)22(29)30-23/h1-4,6-9,15H,5,10-14H2. The van der Waals surface area contributed by atoms with E-state index in [0.717, 1.165) is 12.0 Å². The average molecular weight is 403 g/mol. The highest BCUT2D eigenvalue weighted by Crippen LogP contribution is 2.42. The Morgan fingerprint density at radius 1 is 1.10 bits per heavy atom. The molecule has 2 aliphatic rings. The molecule has 1 aromatic heterocycles. The number of hydrogen-bond donors (Lipinski definition) is 0. The number of nitrogens with zero attached hydrogens (tertiary/aromatic N) is 3. The first-order valence-corrected chi connectivity index (χ1v) is 10.1. The predicted octanol–water partition coefficient (Wildman–Crippen LogP) is 2.47. The van der Waals surface area contributed by atoms with E-state index in [0.29, 0.717) is 36.0 Å². The Morgan fingerprint density at radius 2 is 1.90 bits per heavy atom. The molecule has 0 saturated carbocycles. The van der Waals surface area contributed by atoms with E-state index in [1.54, 1.807) is 29.2 Å². The van der Waals surface area contributed by atoms with Gasteiger partial charge in [-0.1, -0.05) is 30.3 Å². The number of amides is 1. The smallest absolute Gasteiger partial charge is 0.339 e. The quantitative estimate of drug-likeness (QED) is 0.628. The topological polar surface area (TPSA) is 81.5 Å². The van der Waals surface area contributed by atoms with Gasteiger partial charge in [0.1, 0.15) is 0 Å². The second kappa shape index (κ2) is 7.09. The molecule has 0 aliphatic carbocycles. The van der Waals surface area contributed by atoms with Crippen molar-refractivity contribution >= 4 is 22.8 Å². The van der Waals surface area contributed by atoms with Crippen LogP contribution in [0.5, 0.6) is 0 Å². The van der Waals surface area contributed by atoms with Crippen LogP contribution in [-0.2, 0) is 21.7 Å². The predicted molar refractivity (Wildman–Crippen MR) is 110 cm³/mol. The summed E-state index contributed by atoms with van der Waals surface area (Å²) in [5.41, 5.74) is 1.18. The zero-order valence-electron chi connectivity index (χ0n) is 16.4. The molecule has 1 fully saturated rings. The Balaban J connectivity index is 1.32. The highest BCUT2D eigenvalue weighted by molar-refractivity contribution is 5.95. The Morgan fingerprint density at radius 3 is 2.80 bits per heavy atom. The van der Waals surface area contributed by atoms with Crippen LogP contribution in [0.3, 0.4) is 0 Å². The summed E-state index contributed by atoms with van der Waals surface area (Å²) in [5.74, 6) is -0.386. The fraction of sp³-hybridized carbons (Fsp3) is 0.304. The molecule has 0 bridgehead atoms. The minimum atomic E-state index is -0.761. The highest BCUT2D eigenvalue weighted by atomic mass is 16.6. The lowest BCUT2D eigenvalue weighted by Gasteiger charge is -2.39. The second-order valence-corrected chi connectivity index (χ2v) is 7.86. The van der Waals surface area contributed by atoms with Crippen molar-refractivity contribution in [3.8, 4) is 0 Å². The summed E-state index contributed by atoms with van der Waals surface area (Å²) in [6.45, 7) is 1.22. The number of likely N-dealkylation sites (tertiary alicyclic amines) is 1. The van der Waals surface area contributed by atoms with Gasteiger partial charge in [0.05, 0.1) is 29.3 Å². The van der Waals surface area contributed by atoms with E-state index < -0.39 is 5.60 Å². The molecular weight excluding hydrogens is 382 g/mol. The van der Waals surface area contributed by atoms with Crippen molar-refractivity contribution in [1.82, 2.24) is 14.5 Å². The number of rotatable bonds is 3. The normalized spacial score (nSPS) is 20.4. The maximum atomic E-state index is 12.9. The number of benzene rings is 2. The molecule has 3 heterocycles. The van der Waals surface area contributed by atoms with Crippen LogP contribution in [0.15, 0.2) is 59.7 Å². The molecule has 0 N–H and O–H groups in total. The summed E-state index contributed by atoms with van der Waals surface area (Å²) >= 11 is 0. The molecule has 0 radical (unpaired) electrons. The van der Waals surface area contributed by atoms with E-state index in [1.165, 1.54) is 10.9 Å². The second-order valence-electron chi connectivity index (χ2n) is 7.86. The molecule has 7 heteroatoms. The molecule has 3 aromatic rings. The molecule has 1 amide bonds. The maximum Gasteiger partial charge on any atom is 0.339 e. The van der Waals surface area contributed by atoms with Crippen molar-refractivity contribution < 1.29 is 14.3 Å². The molecule has 30 heavy (non-hydrogen) atoms. The number of para-hydroxylation sites is 1. The van der Waals surface area contributed by atoms with Crippen LogP contribution in [-0.4, -0.2) is 39.4 Å². The van der Waals surface area contributed by atoms with Crippen molar-refractivity contribution in [2.45, 2.75) is 31.4 Å². The third-order valence-corrected chi connectivity index (χ3v) is 6.03. The van der Waals surface area contributed by atoms with E-state index >= 15 is 0 Å². The molecule has 152 valence electrons. The number of fused-ring (bicyclic) bond motifs is 3.